The summed E-state index contributed by atoms with van der Waals surface area (Å²) in [5.74, 6) is 0. The van der Waals surface area contributed by atoms with Gasteiger partial charge in [0, 0.05) is 37.3 Å². The van der Waals surface area contributed by atoms with Crippen molar-refractivity contribution in [1.82, 2.24) is 4.90 Å². The summed E-state index contributed by atoms with van der Waals surface area (Å²) in [5, 5.41) is 8.74. The van der Waals surface area contributed by atoms with E-state index in [9.17, 15) is 0 Å². The highest BCUT2D eigenvalue weighted by molar-refractivity contribution is 9.10. The van der Waals surface area contributed by atoms with Gasteiger partial charge in [0.25, 0.3) is 0 Å². The standard InChI is InChI=1S/C15H22BrNO2/c16-15-5-2-1-4-13(15)12-17-8-6-14(7-9-17)19-11-3-10-18/h1-2,4-5,14,18H,3,6-12H2. The third kappa shape index (κ3) is 4.88. The van der Waals surface area contributed by atoms with Crippen molar-refractivity contribution in [2.24, 2.45) is 0 Å². The maximum atomic E-state index is 8.74. The molecular formula is C15H22BrNO2. The highest BCUT2D eigenvalue weighted by Crippen LogP contribution is 2.21. The minimum atomic E-state index is 0.223. The van der Waals surface area contributed by atoms with E-state index in [-0.39, 0.29) is 6.61 Å². The lowest BCUT2D eigenvalue weighted by atomic mass is 10.1. The Bertz CT molecular complexity index is 378. The predicted molar refractivity (Wildman–Crippen MR) is 80.1 cm³/mol. The second-order valence-corrected chi connectivity index (χ2v) is 5.87. The molecule has 0 aliphatic carbocycles. The molecule has 4 heteroatoms. The monoisotopic (exact) mass is 327 g/mol. The van der Waals surface area contributed by atoms with Crippen LogP contribution in [0, 0.1) is 0 Å². The maximum absolute atomic E-state index is 8.74. The number of hydrogen-bond acceptors (Lipinski definition) is 3. The molecule has 1 aliphatic rings. The van der Waals surface area contributed by atoms with Gasteiger partial charge in [0.05, 0.1) is 6.10 Å². The van der Waals surface area contributed by atoms with Gasteiger partial charge in [-0.15, -0.1) is 0 Å². The van der Waals surface area contributed by atoms with Crippen LogP contribution >= 0.6 is 15.9 Å². The molecule has 3 nitrogen and oxygen atoms in total. The Hall–Kier alpha value is -0.420. The topological polar surface area (TPSA) is 32.7 Å². The number of halogens is 1. The molecule has 1 saturated heterocycles. The summed E-state index contributed by atoms with van der Waals surface area (Å²) in [7, 11) is 0. The Morgan fingerprint density at radius 3 is 2.68 bits per heavy atom. The Kier molecular flexibility index (Phi) is 6.31. The first-order valence-corrected chi connectivity index (χ1v) is 7.77. The summed E-state index contributed by atoms with van der Waals surface area (Å²) in [6.07, 6.45) is 3.31. The van der Waals surface area contributed by atoms with Crippen molar-refractivity contribution in [2.75, 3.05) is 26.3 Å². The molecule has 106 valence electrons. The number of benzene rings is 1. The van der Waals surface area contributed by atoms with Gasteiger partial charge >= 0.3 is 0 Å². The van der Waals surface area contributed by atoms with Crippen LogP contribution in [-0.4, -0.2) is 42.4 Å². The van der Waals surface area contributed by atoms with Gasteiger partial charge in [0.2, 0.25) is 0 Å². The first-order valence-electron chi connectivity index (χ1n) is 6.98. The lowest BCUT2D eigenvalue weighted by Crippen LogP contribution is -2.36. The smallest absolute Gasteiger partial charge is 0.0599 e. The van der Waals surface area contributed by atoms with Crippen molar-refractivity contribution in [2.45, 2.75) is 31.9 Å². The number of nitrogens with zero attached hydrogens (tertiary/aromatic N) is 1. The highest BCUT2D eigenvalue weighted by atomic mass is 79.9. The molecule has 1 aromatic carbocycles. The number of ether oxygens (including phenoxy) is 1. The van der Waals surface area contributed by atoms with E-state index in [2.05, 4.69) is 45.1 Å². The van der Waals surface area contributed by atoms with Crippen LogP contribution in [0.5, 0.6) is 0 Å². The van der Waals surface area contributed by atoms with E-state index >= 15 is 0 Å². The van der Waals surface area contributed by atoms with E-state index in [1.54, 1.807) is 0 Å². The zero-order valence-electron chi connectivity index (χ0n) is 11.2. The summed E-state index contributed by atoms with van der Waals surface area (Å²) in [6, 6.07) is 8.41. The van der Waals surface area contributed by atoms with Gasteiger partial charge in [0.1, 0.15) is 0 Å². The van der Waals surface area contributed by atoms with E-state index in [0.29, 0.717) is 12.7 Å². The minimum Gasteiger partial charge on any atom is -0.396 e. The van der Waals surface area contributed by atoms with E-state index in [4.69, 9.17) is 9.84 Å². The average Bonchev–Trinajstić information content (AvgIpc) is 2.44. The fourth-order valence-corrected chi connectivity index (χ4v) is 2.83. The van der Waals surface area contributed by atoms with Crippen molar-refractivity contribution in [3.8, 4) is 0 Å². The van der Waals surface area contributed by atoms with Gasteiger partial charge in [-0.25, -0.2) is 0 Å². The molecule has 0 amide bonds. The van der Waals surface area contributed by atoms with Gasteiger partial charge in [0.15, 0.2) is 0 Å². The first kappa shape index (κ1) is 15.0. The fourth-order valence-electron chi connectivity index (χ4n) is 2.42. The van der Waals surface area contributed by atoms with Gasteiger partial charge in [-0.2, -0.15) is 0 Å². The Labute approximate surface area is 123 Å². The van der Waals surface area contributed by atoms with E-state index in [1.165, 1.54) is 10.0 Å². The highest BCUT2D eigenvalue weighted by Gasteiger charge is 2.19. The Balaban J connectivity index is 1.73. The van der Waals surface area contributed by atoms with Gasteiger partial charge in [-0.05, 0) is 30.9 Å². The van der Waals surface area contributed by atoms with Crippen LogP contribution < -0.4 is 0 Å². The van der Waals surface area contributed by atoms with Crippen molar-refractivity contribution < 1.29 is 9.84 Å². The van der Waals surface area contributed by atoms with Gasteiger partial charge < -0.3 is 9.84 Å². The molecule has 2 rings (SSSR count). The van der Waals surface area contributed by atoms with E-state index in [1.807, 2.05) is 0 Å². The molecule has 1 aliphatic heterocycles. The van der Waals surface area contributed by atoms with Crippen molar-refractivity contribution >= 4 is 15.9 Å². The van der Waals surface area contributed by atoms with E-state index in [0.717, 1.165) is 38.9 Å². The molecule has 19 heavy (non-hydrogen) atoms. The molecular weight excluding hydrogens is 306 g/mol. The van der Waals surface area contributed by atoms with Crippen LogP contribution in [-0.2, 0) is 11.3 Å². The third-order valence-electron chi connectivity index (χ3n) is 3.54. The first-order chi connectivity index (χ1) is 9.29. The van der Waals surface area contributed by atoms with Crippen LogP contribution in [0.2, 0.25) is 0 Å². The number of piperidine rings is 1. The molecule has 0 unspecified atom stereocenters. The molecule has 1 heterocycles. The van der Waals surface area contributed by atoms with Crippen molar-refractivity contribution in [3.63, 3.8) is 0 Å². The lowest BCUT2D eigenvalue weighted by Gasteiger charge is -2.32. The zero-order chi connectivity index (χ0) is 13.5. The van der Waals surface area contributed by atoms with Crippen molar-refractivity contribution in [1.29, 1.82) is 0 Å². The minimum absolute atomic E-state index is 0.223. The van der Waals surface area contributed by atoms with Gasteiger partial charge in [-0.1, -0.05) is 34.1 Å². The Morgan fingerprint density at radius 2 is 2.00 bits per heavy atom. The zero-order valence-corrected chi connectivity index (χ0v) is 12.8. The molecule has 0 spiro atoms. The summed E-state index contributed by atoms with van der Waals surface area (Å²) >= 11 is 3.60. The van der Waals surface area contributed by atoms with E-state index < -0.39 is 0 Å². The van der Waals surface area contributed by atoms with Crippen LogP contribution in [0.15, 0.2) is 28.7 Å². The summed E-state index contributed by atoms with van der Waals surface area (Å²) in [5.41, 5.74) is 1.35. The number of likely N-dealkylation sites (tertiary alicyclic amines) is 1. The predicted octanol–water partition coefficient (Wildman–Crippen LogP) is 2.81. The second-order valence-electron chi connectivity index (χ2n) is 5.01. The fraction of sp³-hybridized carbons (Fsp3) is 0.600. The maximum Gasteiger partial charge on any atom is 0.0599 e. The summed E-state index contributed by atoms with van der Waals surface area (Å²) < 4.78 is 6.94. The van der Waals surface area contributed by atoms with Crippen LogP contribution in [0.25, 0.3) is 0 Å². The Morgan fingerprint density at radius 1 is 1.26 bits per heavy atom. The third-order valence-corrected chi connectivity index (χ3v) is 4.32. The molecule has 0 saturated carbocycles. The second kappa shape index (κ2) is 8.00. The molecule has 0 atom stereocenters. The summed E-state index contributed by atoms with van der Waals surface area (Å²) in [6.45, 7) is 4.09. The lowest BCUT2D eigenvalue weighted by molar-refractivity contribution is 0.000753. The normalized spacial score (nSPS) is 17.8. The largest absolute Gasteiger partial charge is 0.396 e. The molecule has 1 fully saturated rings. The molecule has 0 radical (unpaired) electrons. The summed E-state index contributed by atoms with van der Waals surface area (Å²) in [4.78, 5) is 2.48. The number of hydrogen-bond donors (Lipinski definition) is 1. The molecule has 1 N–H and O–H groups in total. The molecule has 0 bridgehead atoms. The quantitative estimate of drug-likeness (QED) is 0.815. The SMILES string of the molecule is OCCCOC1CCN(Cc2ccccc2Br)CC1. The van der Waals surface area contributed by atoms with Crippen molar-refractivity contribution in [3.05, 3.63) is 34.3 Å². The van der Waals surface area contributed by atoms with Crippen LogP contribution in [0.1, 0.15) is 24.8 Å². The number of rotatable bonds is 6. The van der Waals surface area contributed by atoms with Crippen LogP contribution in [0.4, 0.5) is 0 Å². The van der Waals surface area contributed by atoms with Gasteiger partial charge in [-0.3, -0.25) is 4.90 Å². The number of aliphatic hydroxyl groups excluding tert-OH is 1. The number of aliphatic hydroxyl groups is 1. The average molecular weight is 328 g/mol. The van der Waals surface area contributed by atoms with Crippen LogP contribution in [0.3, 0.4) is 0 Å². The molecule has 1 aromatic rings. The molecule has 0 aromatic heterocycles.